The smallest absolute Gasteiger partial charge is 0.318 e. The number of hydrogen-bond acceptors (Lipinski definition) is 3. The van der Waals surface area contributed by atoms with Crippen LogP contribution in [0.15, 0.2) is 24.3 Å². The SMILES string of the molecule is CN1CCC(NC(=O)N(CCO)C2CC2)C1c1ccc(Cl)cc1. The first kappa shape index (κ1) is 16.6. The molecule has 1 aromatic carbocycles. The standard InChI is InChI=1S/C17H24ClN3O2/c1-20-9-8-15(16(20)12-2-4-13(18)5-3-12)19-17(23)21(10-11-22)14-6-7-14/h2-5,14-16,22H,6-11H2,1H3,(H,19,23). The molecule has 1 aliphatic heterocycles. The quantitative estimate of drug-likeness (QED) is 0.866. The number of likely N-dealkylation sites (tertiary alicyclic amines) is 1. The number of amides is 2. The molecule has 3 rings (SSSR count). The molecule has 1 heterocycles. The molecule has 2 fully saturated rings. The van der Waals surface area contributed by atoms with Crippen LogP contribution in [0.25, 0.3) is 0 Å². The van der Waals surface area contributed by atoms with E-state index in [1.807, 2.05) is 24.3 Å². The fourth-order valence-corrected chi connectivity index (χ4v) is 3.56. The first-order chi connectivity index (χ1) is 11.1. The maximum absolute atomic E-state index is 12.6. The minimum Gasteiger partial charge on any atom is -0.395 e. The summed E-state index contributed by atoms with van der Waals surface area (Å²) in [6.07, 6.45) is 3.00. The molecular formula is C17H24ClN3O2. The van der Waals surface area contributed by atoms with Gasteiger partial charge in [-0.3, -0.25) is 4.90 Å². The van der Waals surface area contributed by atoms with Gasteiger partial charge in [0.15, 0.2) is 0 Å². The number of urea groups is 1. The Morgan fingerprint density at radius 2 is 2.04 bits per heavy atom. The second-order valence-electron chi connectivity index (χ2n) is 6.47. The molecule has 1 aromatic rings. The first-order valence-corrected chi connectivity index (χ1v) is 8.61. The van der Waals surface area contributed by atoms with Gasteiger partial charge in [-0.05, 0) is 44.0 Å². The van der Waals surface area contributed by atoms with Crippen molar-refractivity contribution < 1.29 is 9.90 Å². The molecular weight excluding hydrogens is 314 g/mol. The van der Waals surface area contributed by atoms with Gasteiger partial charge in [0.05, 0.1) is 18.7 Å². The van der Waals surface area contributed by atoms with E-state index in [2.05, 4.69) is 17.3 Å². The van der Waals surface area contributed by atoms with Gasteiger partial charge in [0.25, 0.3) is 0 Å². The number of nitrogens with zero attached hydrogens (tertiary/aromatic N) is 2. The number of aliphatic hydroxyl groups is 1. The zero-order valence-electron chi connectivity index (χ0n) is 13.4. The number of benzene rings is 1. The van der Waals surface area contributed by atoms with Crippen LogP contribution >= 0.6 is 11.6 Å². The van der Waals surface area contributed by atoms with Crippen molar-refractivity contribution in [3.63, 3.8) is 0 Å². The number of carbonyl (C=O) groups excluding carboxylic acids is 1. The molecule has 1 aliphatic carbocycles. The van der Waals surface area contributed by atoms with Crippen LogP contribution in [0, 0.1) is 0 Å². The maximum atomic E-state index is 12.6. The fraction of sp³-hybridized carbons (Fsp3) is 0.588. The van der Waals surface area contributed by atoms with Gasteiger partial charge >= 0.3 is 6.03 Å². The van der Waals surface area contributed by atoms with Gasteiger partial charge in [0, 0.05) is 24.2 Å². The van der Waals surface area contributed by atoms with E-state index < -0.39 is 0 Å². The van der Waals surface area contributed by atoms with Crippen LogP contribution in [0.2, 0.25) is 5.02 Å². The van der Waals surface area contributed by atoms with Crippen molar-refractivity contribution in [2.24, 2.45) is 0 Å². The Hall–Kier alpha value is -1.30. The molecule has 1 saturated carbocycles. The van der Waals surface area contributed by atoms with Gasteiger partial charge in [0.1, 0.15) is 0 Å². The summed E-state index contributed by atoms with van der Waals surface area (Å²) >= 11 is 5.98. The highest BCUT2D eigenvalue weighted by Gasteiger charge is 2.37. The summed E-state index contributed by atoms with van der Waals surface area (Å²) < 4.78 is 0. The van der Waals surface area contributed by atoms with Crippen LogP contribution in [0.4, 0.5) is 4.79 Å². The summed E-state index contributed by atoms with van der Waals surface area (Å²) in [5.41, 5.74) is 1.17. The fourth-order valence-electron chi connectivity index (χ4n) is 3.43. The molecule has 6 heteroatoms. The normalized spacial score (nSPS) is 24.7. The summed E-state index contributed by atoms with van der Waals surface area (Å²) in [6, 6.07) is 8.32. The second kappa shape index (κ2) is 7.07. The number of carbonyl (C=O) groups is 1. The van der Waals surface area contributed by atoms with E-state index in [-0.39, 0.29) is 24.7 Å². The Kier molecular flexibility index (Phi) is 5.09. The van der Waals surface area contributed by atoms with Gasteiger partial charge in [-0.1, -0.05) is 23.7 Å². The maximum Gasteiger partial charge on any atom is 0.318 e. The summed E-state index contributed by atoms with van der Waals surface area (Å²) in [5, 5.41) is 13.1. The number of rotatable bonds is 5. The Balaban J connectivity index is 1.70. The molecule has 0 aromatic heterocycles. The third-order valence-corrected chi connectivity index (χ3v) is 5.01. The summed E-state index contributed by atoms with van der Waals surface area (Å²) in [7, 11) is 2.08. The lowest BCUT2D eigenvalue weighted by Gasteiger charge is -2.29. The largest absolute Gasteiger partial charge is 0.395 e. The average Bonchev–Trinajstić information content (AvgIpc) is 3.31. The Morgan fingerprint density at radius 1 is 1.35 bits per heavy atom. The summed E-state index contributed by atoms with van der Waals surface area (Å²) in [6.45, 7) is 1.36. The molecule has 1 saturated heterocycles. The third-order valence-electron chi connectivity index (χ3n) is 4.76. The highest BCUT2D eigenvalue weighted by atomic mass is 35.5. The second-order valence-corrected chi connectivity index (χ2v) is 6.91. The lowest BCUT2D eigenvalue weighted by atomic mass is 10.0. The van der Waals surface area contributed by atoms with Gasteiger partial charge in [-0.25, -0.2) is 4.79 Å². The van der Waals surface area contributed by atoms with E-state index in [1.54, 1.807) is 4.90 Å². The average molecular weight is 338 g/mol. The molecule has 23 heavy (non-hydrogen) atoms. The summed E-state index contributed by atoms with van der Waals surface area (Å²) in [4.78, 5) is 16.6. The van der Waals surface area contributed by atoms with Crippen LogP contribution in [0.5, 0.6) is 0 Å². The van der Waals surface area contributed by atoms with Crippen LogP contribution in [-0.4, -0.2) is 59.8 Å². The van der Waals surface area contributed by atoms with E-state index in [4.69, 9.17) is 11.6 Å². The highest BCUT2D eigenvalue weighted by Crippen LogP contribution is 2.32. The Bertz CT molecular complexity index is 547. The Morgan fingerprint density at radius 3 is 2.65 bits per heavy atom. The van der Waals surface area contributed by atoms with Gasteiger partial charge in [-0.2, -0.15) is 0 Å². The molecule has 2 unspecified atom stereocenters. The van der Waals surface area contributed by atoms with Crippen LogP contribution in [-0.2, 0) is 0 Å². The zero-order chi connectivity index (χ0) is 16.4. The van der Waals surface area contributed by atoms with E-state index in [9.17, 15) is 9.90 Å². The number of halogens is 1. The van der Waals surface area contributed by atoms with Crippen molar-refractivity contribution >= 4 is 17.6 Å². The van der Waals surface area contributed by atoms with Crippen molar-refractivity contribution in [2.45, 2.75) is 37.4 Å². The van der Waals surface area contributed by atoms with E-state index in [0.717, 1.165) is 30.8 Å². The van der Waals surface area contributed by atoms with Crippen LogP contribution < -0.4 is 5.32 Å². The molecule has 2 N–H and O–H groups in total. The zero-order valence-corrected chi connectivity index (χ0v) is 14.2. The first-order valence-electron chi connectivity index (χ1n) is 8.24. The Labute approximate surface area is 142 Å². The molecule has 0 spiro atoms. The van der Waals surface area contributed by atoms with Crippen LogP contribution in [0.3, 0.4) is 0 Å². The van der Waals surface area contributed by atoms with Crippen molar-refractivity contribution in [2.75, 3.05) is 26.7 Å². The number of nitrogens with one attached hydrogen (secondary N) is 1. The monoisotopic (exact) mass is 337 g/mol. The predicted molar refractivity (Wildman–Crippen MR) is 90.6 cm³/mol. The third kappa shape index (κ3) is 3.79. The molecule has 2 atom stereocenters. The predicted octanol–water partition coefficient (Wildman–Crippen LogP) is 2.25. The van der Waals surface area contributed by atoms with Gasteiger partial charge in [0.2, 0.25) is 0 Å². The minimum absolute atomic E-state index is 0.00903. The van der Waals surface area contributed by atoms with E-state index >= 15 is 0 Å². The van der Waals surface area contributed by atoms with Gasteiger partial charge in [-0.15, -0.1) is 0 Å². The van der Waals surface area contributed by atoms with Crippen molar-refractivity contribution in [1.29, 1.82) is 0 Å². The van der Waals surface area contributed by atoms with Gasteiger partial charge < -0.3 is 15.3 Å². The molecule has 0 bridgehead atoms. The lowest BCUT2D eigenvalue weighted by molar-refractivity contribution is 0.167. The minimum atomic E-state index is -0.0548. The summed E-state index contributed by atoms with van der Waals surface area (Å²) in [5.74, 6) is 0. The number of hydrogen-bond donors (Lipinski definition) is 2. The molecule has 126 valence electrons. The molecule has 5 nitrogen and oxygen atoms in total. The lowest BCUT2D eigenvalue weighted by Crippen LogP contribution is -2.48. The van der Waals surface area contributed by atoms with Crippen molar-refractivity contribution in [3.8, 4) is 0 Å². The van der Waals surface area contributed by atoms with E-state index in [1.165, 1.54) is 5.56 Å². The van der Waals surface area contributed by atoms with Crippen molar-refractivity contribution in [1.82, 2.24) is 15.1 Å². The molecule has 0 radical (unpaired) electrons. The topological polar surface area (TPSA) is 55.8 Å². The molecule has 2 aliphatic rings. The number of aliphatic hydroxyl groups excluding tert-OH is 1. The highest BCUT2D eigenvalue weighted by molar-refractivity contribution is 6.30. The number of likely N-dealkylation sites (N-methyl/N-ethyl adjacent to an activating group) is 1. The van der Waals surface area contributed by atoms with Crippen molar-refractivity contribution in [3.05, 3.63) is 34.9 Å². The van der Waals surface area contributed by atoms with Crippen LogP contribution in [0.1, 0.15) is 30.9 Å². The van der Waals surface area contributed by atoms with E-state index in [0.29, 0.717) is 12.6 Å². The molecule has 2 amide bonds.